The highest BCUT2D eigenvalue weighted by Crippen LogP contribution is 2.38. The number of aliphatic hydroxyl groups is 1. The van der Waals surface area contributed by atoms with Crippen LogP contribution in [-0.4, -0.2) is 29.2 Å². The van der Waals surface area contributed by atoms with Crippen LogP contribution in [0.4, 0.5) is 8.78 Å². The van der Waals surface area contributed by atoms with Crippen LogP contribution in [0.3, 0.4) is 0 Å². The number of nitrogens with zero attached hydrogens (tertiary/aromatic N) is 1. The summed E-state index contributed by atoms with van der Waals surface area (Å²) in [5.41, 5.74) is 0.668. The summed E-state index contributed by atoms with van der Waals surface area (Å²) in [4.78, 5) is 2.19. The second-order valence-electron chi connectivity index (χ2n) is 5.54. The van der Waals surface area contributed by atoms with Gasteiger partial charge in [-0.05, 0) is 36.5 Å². The Bertz CT molecular complexity index is 431. The van der Waals surface area contributed by atoms with Gasteiger partial charge in [-0.15, -0.1) is 0 Å². The molecule has 0 aromatic heterocycles. The molecule has 1 aromatic carbocycles. The Morgan fingerprint density at radius 3 is 2.50 bits per heavy atom. The number of halogens is 2. The molecule has 3 unspecified atom stereocenters. The van der Waals surface area contributed by atoms with Crippen molar-refractivity contribution in [3.8, 4) is 0 Å². The number of likely N-dealkylation sites (tertiary alicyclic amines) is 1. The molecule has 1 aliphatic heterocycles. The van der Waals surface area contributed by atoms with Crippen molar-refractivity contribution in [1.82, 2.24) is 4.90 Å². The summed E-state index contributed by atoms with van der Waals surface area (Å²) in [7, 11) is 0. The van der Waals surface area contributed by atoms with Gasteiger partial charge in [-0.25, -0.2) is 8.78 Å². The Balaban J connectivity index is 1.67. The van der Waals surface area contributed by atoms with E-state index in [1.807, 2.05) is 0 Å². The van der Waals surface area contributed by atoms with Gasteiger partial charge in [-0.1, -0.05) is 0 Å². The van der Waals surface area contributed by atoms with Gasteiger partial charge in [0.15, 0.2) is 0 Å². The molecular weight excluding hydrogens is 236 g/mol. The molecule has 18 heavy (non-hydrogen) atoms. The Labute approximate surface area is 105 Å². The van der Waals surface area contributed by atoms with Crippen LogP contribution in [0.2, 0.25) is 0 Å². The van der Waals surface area contributed by atoms with Crippen LogP contribution in [0, 0.1) is 23.5 Å². The number of fused-ring (bicyclic) bond motifs is 1. The fourth-order valence-corrected chi connectivity index (χ4v) is 3.42. The molecule has 3 rings (SSSR count). The molecule has 1 saturated carbocycles. The number of hydrogen-bond acceptors (Lipinski definition) is 2. The number of rotatable bonds is 2. The van der Waals surface area contributed by atoms with Crippen molar-refractivity contribution in [1.29, 1.82) is 0 Å². The quantitative estimate of drug-likeness (QED) is 0.873. The van der Waals surface area contributed by atoms with Crippen LogP contribution < -0.4 is 0 Å². The lowest BCUT2D eigenvalue weighted by Crippen LogP contribution is -2.24. The Kier molecular flexibility index (Phi) is 3.08. The Morgan fingerprint density at radius 2 is 1.83 bits per heavy atom. The predicted octanol–water partition coefficient (Wildman–Crippen LogP) is 2.17. The van der Waals surface area contributed by atoms with Crippen molar-refractivity contribution in [2.24, 2.45) is 11.8 Å². The largest absolute Gasteiger partial charge is 0.393 e. The molecule has 98 valence electrons. The highest BCUT2D eigenvalue weighted by molar-refractivity contribution is 5.18. The third kappa shape index (κ3) is 2.27. The summed E-state index contributed by atoms with van der Waals surface area (Å²) in [6.45, 7) is 2.33. The molecule has 2 fully saturated rings. The first kappa shape index (κ1) is 12.1. The minimum Gasteiger partial charge on any atom is -0.393 e. The maximum Gasteiger partial charge on any atom is 0.126 e. The third-order valence-corrected chi connectivity index (χ3v) is 4.22. The van der Waals surface area contributed by atoms with Crippen molar-refractivity contribution in [2.75, 3.05) is 13.1 Å². The van der Waals surface area contributed by atoms with Gasteiger partial charge in [0.25, 0.3) is 0 Å². The summed E-state index contributed by atoms with van der Waals surface area (Å²) in [5, 5.41) is 9.82. The smallest absolute Gasteiger partial charge is 0.126 e. The first-order chi connectivity index (χ1) is 8.61. The Morgan fingerprint density at radius 1 is 1.11 bits per heavy atom. The van der Waals surface area contributed by atoms with E-state index < -0.39 is 11.6 Å². The van der Waals surface area contributed by atoms with Crippen LogP contribution >= 0.6 is 0 Å². The lowest BCUT2D eigenvalue weighted by atomic mass is 10.00. The van der Waals surface area contributed by atoms with Gasteiger partial charge in [-0.3, -0.25) is 4.90 Å². The minimum absolute atomic E-state index is 0.191. The van der Waals surface area contributed by atoms with Crippen molar-refractivity contribution in [3.05, 3.63) is 35.4 Å². The maximum atomic E-state index is 13.1. The monoisotopic (exact) mass is 253 g/mol. The average molecular weight is 253 g/mol. The van der Waals surface area contributed by atoms with Crippen molar-refractivity contribution in [3.63, 3.8) is 0 Å². The van der Waals surface area contributed by atoms with E-state index in [0.717, 1.165) is 32.0 Å². The minimum atomic E-state index is -0.524. The number of benzene rings is 1. The highest BCUT2D eigenvalue weighted by atomic mass is 19.1. The lowest BCUT2D eigenvalue weighted by Gasteiger charge is -2.18. The fourth-order valence-electron chi connectivity index (χ4n) is 3.42. The predicted molar refractivity (Wildman–Crippen MR) is 63.9 cm³/mol. The maximum absolute atomic E-state index is 13.1. The summed E-state index contributed by atoms with van der Waals surface area (Å²) < 4.78 is 26.2. The van der Waals surface area contributed by atoms with E-state index in [0.29, 0.717) is 23.9 Å². The molecule has 1 aromatic rings. The van der Waals surface area contributed by atoms with Gasteiger partial charge in [0.1, 0.15) is 11.6 Å². The van der Waals surface area contributed by atoms with Crippen LogP contribution in [0.5, 0.6) is 0 Å². The van der Waals surface area contributed by atoms with E-state index in [2.05, 4.69) is 4.90 Å². The summed E-state index contributed by atoms with van der Waals surface area (Å²) in [6, 6.07) is 3.66. The molecule has 1 N–H and O–H groups in total. The van der Waals surface area contributed by atoms with Gasteiger partial charge in [0.05, 0.1) is 6.10 Å². The zero-order chi connectivity index (χ0) is 12.7. The normalized spacial score (nSPS) is 31.8. The van der Waals surface area contributed by atoms with E-state index in [9.17, 15) is 13.9 Å². The molecule has 2 nitrogen and oxygen atoms in total. The number of aliphatic hydroxyl groups excluding tert-OH is 1. The molecule has 0 radical (unpaired) electrons. The molecule has 1 aliphatic carbocycles. The van der Waals surface area contributed by atoms with Crippen molar-refractivity contribution < 1.29 is 13.9 Å². The van der Waals surface area contributed by atoms with Gasteiger partial charge in [0, 0.05) is 31.6 Å². The molecule has 0 spiro atoms. The topological polar surface area (TPSA) is 23.5 Å². The average Bonchev–Trinajstić information content (AvgIpc) is 2.80. The van der Waals surface area contributed by atoms with Crippen molar-refractivity contribution >= 4 is 0 Å². The molecule has 2 aliphatic rings. The van der Waals surface area contributed by atoms with E-state index in [4.69, 9.17) is 0 Å². The van der Waals surface area contributed by atoms with Crippen LogP contribution in [0.15, 0.2) is 18.2 Å². The second-order valence-corrected chi connectivity index (χ2v) is 5.54. The first-order valence-corrected chi connectivity index (χ1v) is 6.47. The SMILES string of the molecule is OC1CCC2CN(Cc3cc(F)cc(F)c3)CC12. The lowest BCUT2D eigenvalue weighted by molar-refractivity contribution is 0.123. The zero-order valence-corrected chi connectivity index (χ0v) is 10.1. The zero-order valence-electron chi connectivity index (χ0n) is 10.1. The molecule has 4 heteroatoms. The van der Waals surface area contributed by atoms with Crippen LogP contribution in [0.25, 0.3) is 0 Å². The molecule has 0 bridgehead atoms. The molecular formula is C14H17F2NO. The fraction of sp³-hybridized carbons (Fsp3) is 0.571. The van der Waals surface area contributed by atoms with E-state index in [-0.39, 0.29) is 6.10 Å². The second kappa shape index (κ2) is 4.59. The molecule has 3 atom stereocenters. The van der Waals surface area contributed by atoms with E-state index >= 15 is 0 Å². The summed E-state index contributed by atoms with van der Waals surface area (Å²) >= 11 is 0. The van der Waals surface area contributed by atoms with Gasteiger partial charge in [-0.2, -0.15) is 0 Å². The molecule has 1 saturated heterocycles. The van der Waals surface area contributed by atoms with Crippen molar-refractivity contribution in [2.45, 2.75) is 25.5 Å². The highest BCUT2D eigenvalue weighted by Gasteiger charge is 2.41. The summed E-state index contributed by atoms with van der Waals surface area (Å²) in [6.07, 6.45) is 1.78. The Hall–Kier alpha value is -1.00. The molecule has 1 heterocycles. The third-order valence-electron chi connectivity index (χ3n) is 4.22. The first-order valence-electron chi connectivity index (χ1n) is 6.47. The van der Waals surface area contributed by atoms with E-state index in [1.54, 1.807) is 0 Å². The summed E-state index contributed by atoms with van der Waals surface area (Å²) in [5.74, 6) is -0.143. The van der Waals surface area contributed by atoms with Gasteiger partial charge in [0.2, 0.25) is 0 Å². The van der Waals surface area contributed by atoms with E-state index in [1.165, 1.54) is 12.1 Å². The van der Waals surface area contributed by atoms with Crippen LogP contribution in [0.1, 0.15) is 18.4 Å². The standard InChI is InChI=1S/C14H17F2NO/c15-11-3-9(4-12(16)5-11)6-17-7-10-1-2-14(18)13(10)8-17/h3-5,10,13-14,18H,1-2,6-8H2. The van der Waals surface area contributed by atoms with Gasteiger partial charge < -0.3 is 5.11 Å². The van der Waals surface area contributed by atoms with Gasteiger partial charge >= 0.3 is 0 Å². The number of hydrogen-bond donors (Lipinski definition) is 1. The van der Waals surface area contributed by atoms with Crippen LogP contribution in [-0.2, 0) is 6.54 Å². The molecule has 0 amide bonds.